The van der Waals surface area contributed by atoms with Crippen LogP contribution in [0.5, 0.6) is 11.5 Å². The van der Waals surface area contributed by atoms with Crippen LogP contribution in [0.25, 0.3) is 0 Å². The van der Waals surface area contributed by atoms with Gasteiger partial charge in [-0.1, -0.05) is 0 Å². The molecule has 188 valence electrons. The van der Waals surface area contributed by atoms with E-state index in [1.807, 2.05) is 0 Å². The standard InChI is InChI=1S/C26H34N4O5/c31-25(17-27-15-23-3-1-13-33-23)29-19-5-9-21(10-6-19)35-22-11-7-20(8-12-22)30-26(32)18-28-16-24-4-2-14-34-24/h5-12,23-24,27-28H,1-4,13-18H2,(H,29,31)(H,30,32)/t23-,24+. The van der Waals surface area contributed by atoms with Crippen molar-refractivity contribution in [3.63, 3.8) is 0 Å². The minimum absolute atomic E-state index is 0.101. The number of amides is 2. The van der Waals surface area contributed by atoms with Gasteiger partial charge in [0.15, 0.2) is 0 Å². The molecule has 0 unspecified atom stereocenters. The number of carbonyl (C=O) groups excluding carboxylic acids is 2. The van der Waals surface area contributed by atoms with Crippen molar-refractivity contribution in [2.45, 2.75) is 37.9 Å². The van der Waals surface area contributed by atoms with Gasteiger partial charge in [-0.25, -0.2) is 0 Å². The van der Waals surface area contributed by atoms with Gasteiger partial charge >= 0.3 is 0 Å². The van der Waals surface area contributed by atoms with Gasteiger partial charge in [0.05, 0.1) is 25.3 Å². The summed E-state index contributed by atoms with van der Waals surface area (Å²) < 4.78 is 16.9. The summed E-state index contributed by atoms with van der Waals surface area (Å²) in [6, 6.07) is 14.4. The summed E-state index contributed by atoms with van der Waals surface area (Å²) in [5.74, 6) is 1.09. The van der Waals surface area contributed by atoms with Crippen molar-refractivity contribution < 1.29 is 23.8 Å². The summed E-state index contributed by atoms with van der Waals surface area (Å²) in [7, 11) is 0. The number of hydrogen-bond acceptors (Lipinski definition) is 7. The average molecular weight is 483 g/mol. The van der Waals surface area contributed by atoms with Crippen LogP contribution in [0.15, 0.2) is 48.5 Å². The Morgan fingerprint density at radius 2 is 1.14 bits per heavy atom. The summed E-state index contributed by atoms with van der Waals surface area (Å²) in [5, 5.41) is 12.0. The molecule has 2 aliphatic heterocycles. The molecular weight excluding hydrogens is 448 g/mol. The zero-order valence-electron chi connectivity index (χ0n) is 19.9. The Morgan fingerprint density at radius 1 is 0.714 bits per heavy atom. The molecule has 0 spiro atoms. The number of anilines is 2. The lowest BCUT2D eigenvalue weighted by molar-refractivity contribution is -0.116. The third-order valence-electron chi connectivity index (χ3n) is 5.87. The van der Waals surface area contributed by atoms with Crippen LogP contribution in [0.4, 0.5) is 11.4 Å². The molecule has 0 saturated carbocycles. The Bertz CT molecular complexity index is 862. The first-order valence-corrected chi connectivity index (χ1v) is 12.3. The van der Waals surface area contributed by atoms with E-state index in [4.69, 9.17) is 14.2 Å². The highest BCUT2D eigenvalue weighted by Crippen LogP contribution is 2.24. The number of carbonyl (C=O) groups is 2. The molecule has 0 radical (unpaired) electrons. The molecular formula is C26H34N4O5. The third kappa shape index (κ3) is 8.63. The van der Waals surface area contributed by atoms with Gasteiger partial charge in [-0.15, -0.1) is 0 Å². The predicted octanol–water partition coefficient (Wildman–Crippen LogP) is 2.89. The first-order valence-electron chi connectivity index (χ1n) is 12.3. The largest absolute Gasteiger partial charge is 0.457 e. The maximum atomic E-state index is 12.1. The Morgan fingerprint density at radius 3 is 1.51 bits per heavy atom. The van der Waals surface area contributed by atoms with Crippen molar-refractivity contribution in [3.8, 4) is 11.5 Å². The molecule has 9 nitrogen and oxygen atoms in total. The van der Waals surface area contributed by atoms with Crippen LogP contribution < -0.4 is 26.0 Å². The summed E-state index contributed by atoms with van der Waals surface area (Å²) in [6.45, 7) is 3.48. The molecule has 0 aromatic heterocycles. The summed E-state index contributed by atoms with van der Waals surface area (Å²) >= 11 is 0. The quantitative estimate of drug-likeness (QED) is 0.368. The third-order valence-corrected chi connectivity index (χ3v) is 5.87. The second-order valence-electron chi connectivity index (χ2n) is 8.78. The van der Waals surface area contributed by atoms with Crippen molar-refractivity contribution in [3.05, 3.63) is 48.5 Å². The molecule has 2 fully saturated rings. The molecule has 2 aromatic rings. The van der Waals surface area contributed by atoms with E-state index in [1.165, 1.54) is 0 Å². The highest BCUT2D eigenvalue weighted by Gasteiger charge is 2.16. The average Bonchev–Trinajstić information content (AvgIpc) is 3.56. The molecule has 4 N–H and O–H groups in total. The fourth-order valence-electron chi connectivity index (χ4n) is 4.06. The molecule has 2 atom stereocenters. The lowest BCUT2D eigenvalue weighted by atomic mass is 10.2. The number of benzene rings is 2. The topological polar surface area (TPSA) is 110 Å². The predicted molar refractivity (Wildman–Crippen MR) is 134 cm³/mol. The second kappa shape index (κ2) is 13.2. The molecule has 35 heavy (non-hydrogen) atoms. The maximum Gasteiger partial charge on any atom is 0.238 e. The smallest absolute Gasteiger partial charge is 0.238 e. The van der Waals surface area contributed by atoms with Gasteiger partial charge < -0.3 is 35.5 Å². The van der Waals surface area contributed by atoms with Gasteiger partial charge in [-0.2, -0.15) is 0 Å². The van der Waals surface area contributed by atoms with E-state index in [0.29, 0.717) is 36.0 Å². The first-order chi connectivity index (χ1) is 17.1. The van der Waals surface area contributed by atoms with Gasteiger partial charge in [-0.05, 0) is 74.2 Å². The van der Waals surface area contributed by atoms with Crippen LogP contribution in [0.2, 0.25) is 0 Å². The van der Waals surface area contributed by atoms with Crippen molar-refractivity contribution in [2.75, 3.05) is 50.0 Å². The van der Waals surface area contributed by atoms with Crippen LogP contribution >= 0.6 is 0 Å². The van der Waals surface area contributed by atoms with Gasteiger partial charge in [0.2, 0.25) is 11.8 Å². The van der Waals surface area contributed by atoms with E-state index >= 15 is 0 Å². The number of rotatable bonds is 12. The van der Waals surface area contributed by atoms with Gasteiger partial charge in [0, 0.05) is 37.7 Å². The Hall–Kier alpha value is -2.98. The van der Waals surface area contributed by atoms with Gasteiger partial charge in [-0.3, -0.25) is 9.59 Å². The van der Waals surface area contributed by atoms with Crippen molar-refractivity contribution in [2.24, 2.45) is 0 Å². The minimum atomic E-state index is -0.101. The lowest BCUT2D eigenvalue weighted by Crippen LogP contribution is -2.33. The minimum Gasteiger partial charge on any atom is -0.457 e. The summed E-state index contributed by atoms with van der Waals surface area (Å²) in [6.07, 6.45) is 4.68. The molecule has 2 aliphatic rings. The fourth-order valence-corrected chi connectivity index (χ4v) is 4.06. The molecule has 0 aliphatic carbocycles. The van der Waals surface area contributed by atoms with Crippen LogP contribution in [0.3, 0.4) is 0 Å². The van der Waals surface area contributed by atoms with E-state index < -0.39 is 0 Å². The van der Waals surface area contributed by atoms with Gasteiger partial charge in [0.25, 0.3) is 0 Å². The lowest BCUT2D eigenvalue weighted by Gasteiger charge is -2.12. The Kier molecular flexibility index (Phi) is 9.47. The molecule has 0 bridgehead atoms. The van der Waals surface area contributed by atoms with E-state index in [2.05, 4.69) is 21.3 Å². The maximum absolute atomic E-state index is 12.1. The second-order valence-corrected chi connectivity index (χ2v) is 8.78. The monoisotopic (exact) mass is 482 g/mol. The molecule has 2 amide bonds. The Labute approximate surface area is 205 Å². The van der Waals surface area contributed by atoms with E-state index in [1.54, 1.807) is 48.5 Å². The van der Waals surface area contributed by atoms with Crippen molar-refractivity contribution in [1.82, 2.24) is 10.6 Å². The zero-order valence-corrected chi connectivity index (χ0v) is 19.9. The normalized spacial score (nSPS) is 19.4. The Balaban J connectivity index is 1.15. The number of nitrogens with one attached hydrogen (secondary N) is 4. The highest BCUT2D eigenvalue weighted by atomic mass is 16.5. The zero-order chi connectivity index (χ0) is 24.3. The van der Waals surface area contributed by atoms with Crippen LogP contribution in [-0.2, 0) is 19.1 Å². The first kappa shape index (κ1) is 25.1. The van der Waals surface area contributed by atoms with E-state index in [9.17, 15) is 9.59 Å². The SMILES string of the molecule is O=C(CNC[C@H]1CCCO1)Nc1ccc(Oc2ccc(NC(=O)CNC[C@@H]3CCCO3)cc2)cc1. The van der Waals surface area contributed by atoms with Gasteiger partial charge in [0.1, 0.15) is 11.5 Å². The van der Waals surface area contributed by atoms with Crippen molar-refractivity contribution >= 4 is 23.2 Å². The van der Waals surface area contributed by atoms with Crippen LogP contribution in [0.1, 0.15) is 25.7 Å². The molecule has 9 heteroatoms. The van der Waals surface area contributed by atoms with E-state index in [-0.39, 0.29) is 37.1 Å². The summed E-state index contributed by atoms with van der Waals surface area (Å²) in [5.41, 5.74) is 1.40. The van der Waals surface area contributed by atoms with Crippen LogP contribution in [0, 0.1) is 0 Å². The summed E-state index contributed by atoms with van der Waals surface area (Å²) in [4.78, 5) is 24.2. The van der Waals surface area contributed by atoms with Crippen LogP contribution in [-0.4, -0.2) is 63.4 Å². The molecule has 2 saturated heterocycles. The van der Waals surface area contributed by atoms with E-state index in [0.717, 1.165) is 38.9 Å². The van der Waals surface area contributed by atoms with Crippen molar-refractivity contribution in [1.29, 1.82) is 0 Å². The highest BCUT2D eigenvalue weighted by molar-refractivity contribution is 5.92. The molecule has 4 rings (SSSR count). The molecule has 2 aromatic carbocycles. The molecule has 2 heterocycles. The number of hydrogen-bond donors (Lipinski definition) is 4. The number of ether oxygens (including phenoxy) is 3. The fraction of sp³-hybridized carbons (Fsp3) is 0.462.